The second kappa shape index (κ2) is 5.23. The summed E-state index contributed by atoms with van der Waals surface area (Å²) in [6, 6.07) is 4.18. The Hall–Kier alpha value is -1.81. The Morgan fingerprint density at radius 1 is 1.22 bits per heavy atom. The van der Waals surface area contributed by atoms with Crippen LogP contribution in [0.15, 0.2) is 18.3 Å². The van der Waals surface area contributed by atoms with Crippen LogP contribution in [0.1, 0.15) is 28.2 Å². The standard InChI is InChI=1S/C14H19N3O/c1-9-4-5-10(2)14(11(9)3)18-8-13-16-7-12(6-15)17-13/h4-5,7H,6,8,15H2,1-3H3,(H,16,17). The van der Waals surface area contributed by atoms with Crippen LogP contribution >= 0.6 is 0 Å². The van der Waals surface area contributed by atoms with Crippen LogP contribution in [0.25, 0.3) is 0 Å². The predicted molar refractivity (Wildman–Crippen MR) is 71.5 cm³/mol. The largest absolute Gasteiger partial charge is 0.485 e. The maximum absolute atomic E-state index is 5.86. The first-order chi connectivity index (χ1) is 8.61. The number of ether oxygens (including phenoxy) is 1. The van der Waals surface area contributed by atoms with Gasteiger partial charge in [-0.2, -0.15) is 0 Å². The molecule has 0 bridgehead atoms. The molecule has 0 saturated heterocycles. The third-order valence-electron chi connectivity index (χ3n) is 3.13. The highest BCUT2D eigenvalue weighted by molar-refractivity contribution is 5.44. The lowest BCUT2D eigenvalue weighted by Gasteiger charge is -2.12. The van der Waals surface area contributed by atoms with Crippen LogP contribution in [-0.2, 0) is 13.2 Å². The van der Waals surface area contributed by atoms with Gasteiger partial charge in [0.2, 0.25) is 0 Å². The maximum Gasteiger partial charge on any atom is 0.146 e. The number of aromatic nitrogens is 2. The van der Waals surface area contributed by atoms with Crippen LogP contribution in [0.2, 0.25) is 0 Å². The average molecular weight is 245 g/mol. The second-order valence-corrected chi connectivity index (χ2v) is 4.50. The summed E-state index contributed by atoms with van der Waals surface area (Å²) in [4.78, 5) is 7.35. The van der Waals surface area contributed by atoms with Crippen LogP contribution in [0.3, 0.4) is 0 Å². The van der Waals surface area contributed by atoms with Gasteiger partial charge in [0.25, 0.3) is 0 Å². The van der Waals surface area contributed by atoms with Gasteiger partial charge in [0.05, 0.1) is 0 Å². The Bertz CT molecular complexity index is 546. The minimum atomic E-state index is 0.436. The van der Waals surface area contributed by atoms with Crippen molar-refractivity contribution in [3.63, 3.8) is 0 Å². The van der Waals surface area contributed by atoms with Crippen molar-refractivity contribution in [1.29, 1.82) is 0 Å². The molecule has 1 heterocycles. The van der Waals surface area contributed by atoms with Gasteiger partial charge in [-0.3, -0.25) is 0 Å². The number of benzene rings is 1. The highest BCUT2D eigenvalue weighted by Crippen LogP contribution is 2.26. The molecular weight excluding hydrogens is 226 g/mol. The molecule has 0 atom stereocenters. The van der Waals surface area contributed by atoms with E-state index in [9.17, 15) is 0 Å². The molecule has 3 N–H and O–H groups in total. The lowest BCUT2D eigenvalue weighted by atomic mass is 10.1. The number of H-pyrrole nitrogens is 1. The molecular formula is C14H19N3O. The van der Waals surface area contributed by atoms with Crippen molar-refractivity contribution < 1.29 is 4.74 Å². The highest BCUT2D eigenvalue weighted by Gasteiger charge is 2.07. The molecule has 1 aromatic carbocycles. The molecule has 1 aromatic heterocycles. The average Bonchev–Trinajstić information content (AvgIpc) is 2.82. The van der Waals surface area contributed by atoms with Gasteiger partial charge < -0.3 is 15.5 Å². The first-order valence-corrected chi connectivity index (χ1v) is 6.04. The molecule has 0 aliphatic carbocycles. The van der Waals surface area contributed by atoms with E-state index < -0.39 is 0 Å². The van der Waals surface area contributed by atoms with E-state index in [1.807, 2.05) is 0 Å². The number of aryl methyl sites for hydroxylation is 2. The van der Waals surface area contributed by atoms with Crippen molar-refractivity contribution in [2.75, 3.05) is 0 Å². The summed E-state index contributed by atoms with van der Waals surface area (Å²) in [6.45, 7) is 7.11. The van der Waals surface area contributed by atoms with E-state index in [-0.39, 0.29) is 0 Å². The smallest absolute Gasteiger partial charge is 0.146 e. The van der Waals surface area contributed by atoms with E-state index in [0.29, 0.717) is 13.2 Å². The van der Waals surface area contributed by atoms with Crippen LogP contribution in [0.4, 0.5) is 0 Å². The summed E-state index contributed by atoms with van der Waals surface area (Å²) < 4.78 is 5.86. The summed E-state index contributed by atoms with van der Waals surface area (Å²) in [5.41, 5.74) is 10.0. The molecule has 18 heavy (non-hydrogen) atoms. The molecule has 0 spiro atoms. The first-order valence-electron chi connectivity index (χ1n) is 6.04. The summed E-state index contributed by atoms with van der Waals surface area (Å²) >= 11 is 0. The van der Waals surface area contributed by atoms with Gasteiger partial charge in [-0.15, -0.1) is 0 Å². The predicted octanol–water partition coefficient (Wildman–Crippen LogP) is 2.37. The Morgan fingerprint density at radius 2 is 1.94 bits per heavy atom. The molecule has 0 amide bonds. The maximum atomic E-state index is 5.86. The summed E-state index contributed by atoms with van der Waals surface area (Å²) in [5.74, 6) is 1.75. The topological polar surface area (TPSA) is 63.9 Å². The van der Waals surface area contributed by atoms with Crippen LogP contribution < -0.4 is 10.5 Å². The van der Waals surface area contributed by atoms with E-state index in [4.69, 9.17) is 10.5 Å². The molecule has 2 aromatic rings. The number of imidazole rings is 1. The lowest BCUT2D eigenvalue weighted by Crippen LogP contribution is -2.02. The van der Waals surface area contributed by atoms with E-state index in [2.05, 4.69) is 42.9 Å². The fraction of sp³-hybridized carbons (Fsp3) is 0.357. The number of nitrogens with two attached hydrogens (primary N) is 1. The van der Waals surface area contributed by atoms with Crippen LogP contribution in [-0.4, -0.2) is 9.97 Å². The Morgan fingerprint density at radius 3 is 2.61 bits per heavy atom. The highest BCUT2D eigenvalue weighted by atomic mass is 16.5. The number of rotatable bonds is 4. The quantitative estimate of drug-likeness (QED) is 0.869. The zero-order valence-electron chi connectivity index (χ0n) is 11.1. The van der Waals surface area contributed by atoms with Gasteiger partial charge in [-0.25, -0.2) is 4.98 Å². The molecule has 0 unspecified atom stereocenters. The van der Waals surface area contributed by atoms with Gasteiger partial charge in [0.1, 0.15) is 18.2 Å². The van der Waals surface area contributed by atoms with Crippen molar-refractivity contribution in [3.8, 4) is 5.75 Å². The van der Waals surface area contributed by atoms with E-state index in [0.717, 1.165) is 22.8 Å². The van der Waals surface area contributed by atoms with E-state index in [1.54, 1.807) is 6.20 Å². The number of hydrogen-bond donors (Lipinski definition) is 2. The van der Waals surface area contributed by atoms with Gasteiger partial charge in [0.15, 0.2) is 0 Å². The Labute approximate surface area is 107 Å². The van der Waals surface area contributed by atoms with Gasteiger partial charge in [-0.05, 0) is 37.5 Å². The van der Waals surface area contributed by atoms with Crippen molar-refractivity contribution in [1.82, 2.24) is 9.97 Å². The van der Waals surface area contributed by atoms with Gasteiger partial charge in [-0.1, -0.05) is 12.1 Å². The molecule has 0 aliphatic rings. The fourth-order valence-electron chi connectivity index (χ4n) is 1.87. The van der Waals surface area contributed by atoms with Crippen molar-refractivity contribution in [3.05, 3.63) is 46.5 Å². The molecule has 0 aliphatic heterocycles. The molecule has 2 rings (SSSR count). The number of nitrogens with one attached hydrogen (secondary N) is 1. The summed E-state index contributed by atoms with van der Waals surface area (Å²) in [7, 11) is 0. The van der Waals surface area contributed by atoms with Gasteiger partial charge in [0, 0.05) is 18.4 Å². The molecule has 0 fully saturated rings. The fourth-order valence-corrected chi connectivity index (χ4v) is 1.87. The minimum Gasteiger partial charge on any atom is -0.485 e. The van der Waals surface area contributed by atoms with Crippen LogP contribution in [0, 0.1) is 20.8 Å². The van der Waals surface area contributed by atoms with Crippen molar-refractivity contribution >= 4 is 0 Å². The second-order valence-electron chi connectivity index (χ2n) is 4.50. The van der Waals surface area contributed by atoms with E-state index in [1.165, 1.54) is 11.1 Å². The molecule has 0 saturated carbocycles. The Balaban J connectivity index is 2.12. The zero-order chi connectivity index (χ0) is 13.1. The number of hydrogen-bond acceptors (Lipinski definition) is 3. The SMILES string of the molecule is Cc1ccc(C)c(OCc2ncc(CN)[nH]2)c1C. The van der Waals surface area contributed by atoms with Gasteiger partial charge >= 0.3 is 0 Å². The van der Waals surface area contributed by atoms with Crippen LogP contribution in [0.5, 0.6) is 5.75 Å². The molecule has 0 radical (unpaired) electrons. The summed E-state index contributed by atoms with van der Waals surface area (Å²) in [6.07, 6.45) is 1.74. The van der Waals surface area contributed by atoms with Crippen molar-refractivity contribution in [2.24, 2.45) is 5.73 Å². The Kier molecular flexibility index (Phi) is 3.67. The van der Waals surface area contributed by atoms with Crippen molar-refractivity contribution in [2.45, 2.75) is 33.9 Å². The number of nitrogens with zero attached hydrogens (tertiary/aromatic N) is 1. The molecule has 4 heteroatoms. The van der Waals surface area contributed by atoms with E-state index >= 15 is 0 Å². The summed E-state index contributed by atoms with van der Waals surface area (Å²) in [5, 5.41) is 0. The third kappa shape index (κ3) is 2.54. The lowest BCUT2D eigenvalue weighted by molar-refractivity contribution is 0.292. The third-order valence-corrected chi connectivity index (χ3v) is 3.13. The number of aromatic amines is 1. The molecule has 4 nitrogen and oxygen atoms in total. The first kappa shape index (κ1) is 12.6. The normalized spacial score (nSPS) is 10.7. The minimum absolute atomic E-state index is 0.436. The zero-order valence-corrected chi connectivity index (χ0v) is 11.1. The molecule has 96 valence electrons. The monoisotopic (exact) mass is 245 g/mol.